The van der Waals surface area contributed by atoms with E-state index >= 15 is 0 Å². The average Bonchev–Trinajstić information content (AvgIpc) is 2.20. The minimum absolute atomic E-state index is 0.114. The van der Waals surface area contributed by atoms with Gasteiger partial charge in [-0.1, -0.05) is 13.8 Å². The Kier molecular flexibility index (Phi) is 4.93. The highest BCUT2D eigenvalue weighted by atomic mass is 16.1. The molecule has 16 heavy (non-hydrogen) atoms. The summed E-state index contributed by atoms with van der Waals surface area (Å²) >= 11 is 0. The van der Waals surface area contributed by atoms with Crippen molar-refractivity contribution in [2.75, 3.05) is 19.6 Å². The summed E-state index contributed by atoms with van der Waals surface area (Å²) in [4.78, 5) is 24.5. The maximum atomic E-state index is 11.6. The van der Waals surface area contributed by atoms with Gasteiger partial charge in [0.2, 0.25) is 5.91 Å². The Morgan fingerprint density at radius 1 is 1.31 bits per heavy atom. The van der Waals surface area contributed by atoms with Crippen molar-refractivity contribution in [2.45, 2.75) is 33.1 Å². The number of Topliss-reactive ketones (excluding diaryl/α,β-unsaturated/α-hetero) is 1. The van der Waals surface area contributed by atoms with Gasteiger partial charge in [-0.15, -0.1) is 0 Å². The molecule has 0 aromatic heterocycles. The highest BCUT2D eigenvalue weighted by Gasteiger charge is 2.22. The minimum atomic E-state index is -0.211. The molecule has 0 bridgehead atoms. The molecule has 1 aliphatic rings. The number of hydrogen-bond donors (Lipinski definition) is 1. The largest absolute Gasteiger partial charge is 0.370 e. The van der Waals surface area contributed by atoms with Gasteiger partial charge in [0.25, 0.3) is 0 Å². The van der Waals surface area contributed by atoms with Crippen molar-refractivity contribution in [2.24, 2.45) is 17.6 Å². The van der Waals surface area contributed by atoms with Gasteiger partial charge in [0, 0.05) is 12.3 Å². The van der Waals surface area contributed by atoms with Crippen LogP contribution in [0.4, 0.5) is 0 Å². The Bertz CT molecular complexity index is 256. The zero-order valence-corrected chi connectivity index (χ0v) is 10.2. The lowest BCUT2D eigenvalue weighted by Crippen LogP contribution is -2.39. The van der Waals surface area contributed by atoms with Gasteiger partial charge in [-0.05, 0) is 31.8 Å². The van der Waals surface area contributed by atoms with Crippen LogP contribution in [0, 0.1) is 11.8 Å². The Labute approximate surface area is 97.2 Å². The van der Waals surface area contributed by atoms with E-state index in [1.165, 1.54) is 0 Å². The predicted octanol–water partition coefficient (Wildman–Crippen LogP) is 0.799. The Balaban J connectivity index is 2.27. The van der Waals surface area contributed by atoms with E-state index in [2.05, 4.69) is 4.90 Å². The summed E-state index contributed by atoms with van der Waals surface area (Å²) in [5.41, 5.74) is 5.17. The third-order valence-corrected chi connectivity index (χ3v) is 3.22. The number of piperidine rings is 1. The van der Waals surface area contributed by atoms with Crippen molar-refractivity contribution in [1.82, 2.24) is 4.90 Å². The summed E-state index contributed by atoms with van der Waals surface area (Å²) in [7, 11) is 0. The molecular formula is C12H22N2O2. The van der Waals surface area contributed by atoms with Crippen molar-refractivity contribution >= 4 is 11.7 Å². The molecule has 0 unspecified atom stereocenters. The molecule has 1 heterocycles. The van der Waals surface area contributed by atoms with Crippen molar-refractivity contribution in [1.29, 1.82) is 0 Å². The van der Waals surface area contributed by atoms with Gasteiger partial charge in [-0.3, -0.25) is 14.5 Å². The first-order valence-corrected chi connectivity index (χ1v) is 6.02. The summed E-state index contributed by atoms with van der Waals surface area (Å²) in [5.74, 6) is 0.622. The van der Waals surface area contributed by atoms with Crippen LogP contribution >= 0.6 is 0 Å². The number of hydrogen-bond acceptors (Lipinski definition) is 3. The van der Waals surface area contributed by atoms with Crippen LogP contribution in [0.5, 0.6) is 0 Å². The average molecular weight is 226 g/mol. The standard InChI is InChI=1S/C12H22N2O2/c1-9(2)11(15)8-14-5-3-10(4-6-14)7-12(13)16/h9-10H,3-8H2,1-2H3,(H2,13,16). The fourth-order valence-corrected chi connectivity index (χ4v) is 2.04. The number of amides is 1. The second kappa shape index (κ2) is 5.99. The number of carbonyl (C=O) groups excluding carboxylic acids is 2. The monoisotopic (exact) mass is 226 g/mol. The first kappa shape index (κ1) is 13.2. The van der Waals surface area contributed by atoms with E-state index in [4.69, 9.17) is 5.73 Å². The molecule has 2 N–H and O–H groups in total. The zero-order valence-electron chi connectivity index (χ0n) is 10.2. The second-order valence-corrected chi connectivity index (χ2v) is 5.01. The van der Waals surface area contributed by atoms with Gasteiger partial charge in [-0.25, -0.2) is 0 Å². The van der Waals surface area contributed by atoms with Crippen LogP contribution in [0.15, 0.2) is 0 Å². The van der Waals surface area contributed by atoms with E-state index in [-0.39, 0.29) is 11.8 Å². The molecule has 0 spiro atoms. The third kappa shape index (κ3) is 4.31. The fourth-order valence-electron chi connectivity index (χ4n) is 2.04. The topological polar surface area (TPSA) is 63.4 Å². The molecule has 0 radical (unpaired) electrons. The van der Waals surface area contributed by atoms with E-state index in [1.807, 2.05) is 13.8 Å². The molecule has 4 heteroatoms. The second-order valence-electron chi connectivity index (χ2n) is 5.01. The lowest BCUT2D eigenvalue weighted by molar-refractivity contribution is -0.124. The van der Waals surface area contributed by atoms with Crippen LogP contribution in [-0.2, 0) is 9.59 Å². The summed E-state index contributed by atoms with van der Waals surface area (Å²) in [6, 6.07) is 0. The normalized spacial score (nSPS) is 18.9. The number of primary amides is 1. The summed E-state index contributed by atoms with van der Waals surface area (Å²) in [6.07, 6.45) is 2.45. The molecule has 1 amide bonds. The van der Waals surface area contributed by atoms with Gasteiger partial charge in [-0.2, -0.15) is 0 Å². The molecule has 0 atom stereocenters. The van der Waals surface area contributed by atoms with Gasteiger partial charge >= 0.3 is 0 Å². The van der Waals surface area contributed by atoms with Crippen molar-refractivity contribution in [3.63, 3.8) is 0 Å². The van der Waals surface area contributed by atoms with Crippen molar-refractivity contribution < 1.29 is 9.59 Å². The molecule has 1 rings (SSSR count). The van der Waals surface area contributed by atoms with Crippen LogP contribution in [0.2, 0.25) is 0 Å². The Morgan fingerprint density at radius 2 is 1.88 bits per heavy atom. The molecular weight excluding hydrogens is 204 g/mol. The molecule has 0 aliphatic carbocycles. The van der Waals surface area contributed by atoms with Crippen LogP contribution in [0.1, 0.15) is 33.1 Å². The maximum absolute atomic E-state index is 11.6. The summed E-state index contributed by atoms with van der Waals surface area (Å²) in [6.45, 7) is 6.25. The number of ketones is 1. The summed E-state index contributed by atoms with van der Waals surface area (Å²) in [5, 5.41) is 0. The van der Waals surface area contributed by atoms with Crippen LogP contribution in [0.25, 0.3) is 0 Å². The Hall–Kier alpha value is -0.900. The van der Waals surface area contributed by atoms with E-state index in [0.29, 0.717) is 24.7 Å². The lowest BCUT2D eigenvalue weighted by atomic mass is 9.93. The van der Waals surface area contributed by atoms with E-state index in [9.17, 15) is 9.59 Å². The predicted molar refractivity (Wildman–Crippen MR) is 62.8 cm³/mol. The zero-order chi connectivity index (χ0) is 12.1. The third-order valence-electron chi connectivity index (χ3n) is 3.22. The molecule has 0 saturated carbocycles. The van der Waals surface area contributed by atoms with Crippen LogP contribution in [0.3, 0.4) is 0 Å². The molecule has 92 valence electrons. The number of nitrogens with two attached hydrogens (primary N) is 1. The smallest absolute Gasteiger partial charge is 0.217 e. The first-order chi connectivity index (χ1) is 7.49. The molecule has 1 aliphatic heterocycles. The molecule has 1 fully saturated rings. The SMILES string of the molecule is CC(C)C(=O)CN1CCC(CC(N)=O)CC1. The van der Waals surface area contributed by atoms with Gasteiger partial charge in [0.05, 0.1) is 6.54 Å². The highest BCUT2D eigenvalue weighted by Crippen LogP contribution is 2.20. The summed E-state index contributed by atoms with van der Waals surface area (Å²) < 4.78 is 0. The minimum Gasteiger partial charge on any atom is -0.370 e. The quantitative estimate of drug-likeness (QED) is 0.754. The van der Waals surface area contributed by atoms with Gasteiger partial charge in [0.1, 0.15) is 5.78 Å². The van der Waals surface area contributed by atoms with E-state index < -0.39 is 0 Å². The lowest BCUT2D eigenvalue weighted by Gasteiger charge is -2.31. The maximum Gasteiger partial charge on any atom is 0.217 e. The molecule has 0 aromatic carbocycles. The highest BCUT2D eigenvalue weighted by molar-refractivity contribution is 5.82. The van der Waals surface area contributed by atoms with Gasteiger partial charge in [0.15, 0.2) is 0 Å². The molecule has 0 aromatic rings. The number of likely N-dealkylation sites (tertiary alicyclic amines) is 1. The van der Waals surface area contributed by atoms with Gasteiger partial charge < -0.3 is 5.73 Å². The Morgan fingerprint density at radius 3 is 2.31 bits per heavy atom. The first-order valence-electron chi connectivity index (χ1n) is 6.02. The number of rotatable bonds is 5. The molecule has 4 nitrogen and oxygen atoms in total. The van der Waals surface area contributed by atoms with Crippen LogP contribution < -0.4 is 5.73 Å². The molecule has 1 saturated heterocycles. The van der Waals surface area contributed by atoms with Crippen LogP contribution in [-0.4, -0.2) is 36.2 Å². The van der Waals surface area contributed by atoms with E-state index in [0.717, 1.165) is 25.9 Å². The van der Waals surface area contributed by atoms with E-state index in [1.54, 1.807) is 0 Å². The number of nitrogens with zero attached hydrogens (tertiary/aromatic N) is 1. The van der Waals surface area contributed by atoms with Crippen molar-refractivity contribution in [3.05, 3.63) is 0 Å². The number of carbonyl (C=O) groups is 2. The van der Waals surface area contributed by atoms with Crippen molar-refractivity contribution in [3.8, 4) is 0 Å². The fraction of sp³-hybridized carbons (Fsp3) is 0.833.